The molecule has 1 heterocycles. The molecule has 3 nitrogen and oxygen atoms in total. The van der Waals surface area contributed by atoms with Crippen LogP contribution in [-0.2, 0) is 5.60 Å². The van der Waals surface area contributed by atoms with Gasteiger partial charge in [-0.2, -0.15) is 26.3 Å². The lowest BCUT2D eigenvalue weighted by atomic mass is 9.90. The molecule has 0 spiro atoms. The van der Waals surface area contributed by atoms with E-state index in [4.69, 9.17) is 4.42 Å². The molecule has 0 saturated heterocycles. The molecule has 1 aromatic carbocycles. The van der Waals surface area contributed by atoms with Gasteiger partial charge in [0.05, 0.1) is 0 Å². The van der Waals surface area contributed by atoms with Crippen molar-refractivity contribution >= 4 is 6.29 Å². The van der Waals surface area contributed by atoms with Gasteiger partial charge < -0.3 is 9.52 Å². The van der Waals surface area contributed by atoms with Crippen LogP contribution in [0.1, 0.15) is 16.1 Å². The predicted molar refractivity (Wildman–Crippen MR) is 65.5 cm³/mol. The molecule has 23 heavy (non-hydrogen) atoms. The zero-order valence-corrected chi connectivity index (χ0v) is 11.1. The highest BCUT2D eigenvalue weighted by atomic mass is 19.4. The highest BCUT2D eigenvalue weighted by Gasteiger charge is 2.71. The number of aldehydes is 1. The van der Waals surface area contributed by atoms with Gasteiger partial charge in [0, 0.05) is 11.1 Å². The lowest BCUT2D eigenvalue weighted by molar-refractivity contribution is -0.376. The Morgan fingerprint density at radius 2 is 1.57 bits per heavy atom. The summed E-state index contributed by atoms with van der Waals surface area (Å²) in [7, 11) is 0. The highest BCUT2D eigenvalue weighted by Crippen LogP contribution is 2.50. The van der Waals surface area contributed by atoms with Crippen molar-refractivity contribution < 1.29 is 40.7 Å². The third-order valence-electron chi connectivity index (χ3n) is 3.13. The van der Waals surface area contributed by atoms with Crippen molar-refractivity contribution in [3.8, 4) is 11.3 Å². The van der Waals surface area contributed by atoms with Gasteiger partial charge in [-0.05, 0) is 18.2 Å². The average molecular weight is 338 g/mol. The largest absolute Gasteiger partial charge is 0.453 e. The number of furan rings is 1. The van der Waals surface area contributed by atoms with E-state index >= 15 is 0 Å². The topological polar surface area (TPSA) is 50.4 Å². The van der Waals surface area contributed by atoms with Crippen molar-refractivity contribution in [3.63, 3.8) is 0 Å². The second-order valence-corrected chi connectivity index (χ2v) is 4.61. The number of rotatable bonds is 3. The zero-order valence-electron chi connectivity index (χ0n) is 11.1. The Morgan fingerprint density at radius 3 is 2.04 bits per heavy atom. The Kier molecular flexibility index (Phi) is 4.02. The van der Waals surface area contributed by atoms with Gasteiger partial charge in [-0.1, -0.05) is 18.2 Å². The van der Waals surface area contributed by atoms with Gasteiger partial charge in [0.2, 0.25) is 0 Å². The summed E-state index contributed by atoms with van der Waals surface area (Å²) in [6.07, 6.45) is -11.6. The second-order valence-electron chi connectivity index (χ2n) is 4.61. The fourth-order valence-electron chi connectivity index (χ4n) is 1.96. The maximum atomic E-state index is 12.8. The molecule has 0 unspecified atom stereocenters. The van der Waals surface area contributed by atoms with Crippen molar-refractivity contribution in [1.29, 1.82) is 0 Å². The number of hydrogen-bond acceptors (Lipinski definition) is 3. The summed E-state index contributed by atoms with van der Waals surface area (Å²) in [4.78, 5) is 10.5. The maximum Gasteiger partial charge on any atom is 0.430 e. The molecule has 0 radical (unpaired) electrons. The number of halogens is 6. The van der Waals surface area contributed by atoms with Gasteiger partial charge in [0.15, 0.2) is 12.0 Å². The lowest BCUT2D eigenvalue weighted by Gasteiger charge is -2.32. The van der Waals surface area contributed by atoms with E-state index in [0.717, 1.165) is 6.07 Å². The Morgan fingerprint density at radius 1 is 0.957 bits per heavy atom. The van der Waals surface area contributed by atoms with Gasteiger partial charge in [-0.15, -0.1) is 0 Å². The summed E-state index contributed by atoms with van der Waals surface area (Å²) in [5.41, 5.74) is -6.57. The highest BCUT2D eigenvalue weighted by molar-refractivity contribution is 5.73. The third kappa shape index (κ3) is 2.83. The molecule has 124 valence electrons. The molecule has 9 heteroatoms. The first-order chi connectivity index (χ1) is 10.5. The molecular weight excluding hydrogens is 330 g/mol. The molecule has 0 aliphatic carbocycles. The van der Waals surface area contributed by atoms with Crippen LogP contribution in [0.5, 0.6) is 0 Å². The Bertz CT molecular complexity index is 700. The SMILES string of the molecule is O=Cc1ccc(-c2cccc(C(O)(C(F)(F)F)C(F)(F)F)c2)o1. The summed E-state index contributed by atoms with van der Waals surface area (Å²) < 4.78 is 82.0. The first kappa shape index (κ1) is 17.1. The quantitative estimate of drug-likeness (QED) is 0.678. The van der Waals surface area contributed by atoms with Gasteiger partial charge >= 0.3 is 12.4 Å². The van der Waals surface area contributed by atoms with Gasteiger partial charge in [0.25, 0.3) is 5.60 Å². The van der Waals surface area contributed by atoms with E-state index in [2.05, 4.69) is 0 Å². The van der Waals surface area contributed by atoms with Crippen LogP contribution >= 0.6 is 0 Å². The fraction of sp³-hybridized carbons (Fsp3) is 0.214. The van der Waals surface area contributed by atoms with E-state index in [9.17, 15) is 36.2 Å². The van der Waals surface area contributed by atoms with Crippen LogP contribution in [0.15, 0.2) is 40.8 Å². The summed E-state index contributed by atoms with van der Waals surface area (Å²) >= 11 is 0. The van der Waals surface area contributed by atoms with Crippen LogP contribution in [0, 0.1) is 0 Å². The molecule has 0 bridgehead atoms. The molecule has 0 aliphatic heterocycles. The third-order valence-corrected chi connectivity index (χ3v) is 3.13. The Hall–Kier alpha value is -2.29. The number of hydrogen-bond donors (Lipinski definition) is 1. The Balaban J connectivity index is 2.59. The predicted octanol–water partition coefficient (Wildman–Crippen LogP) is 4.07. The number of carbonyl (C=O) groups is 1. The molecule has 2 aromatic rings. The van der Waals surface area contributed by atoms with Crippen LogP contribution in [0.3, 0.4) is 0 Å². The van der Waals surface area contributed by atoms with Crippen molar-refractivity contribution in [2.45, 2.75) is 18.0 Å². The number of carbonyl (C=O) groups excluding carboxylic acids is 1. The van der Waals surface area contributed by atoms with Gasteiger partial charge in [0.1, 0.15) is 5.76 Å². The van der Waals surface area contributed by atoms with E-state index in [1.54, 1.807) is 0 Å². The van der Waals surface area contributed by atoms with E-state index in [-0.39, 0.29) is 17.1 Å². The molecule has 0 aliphatic rings. The molecule has 0 saturated carbocycles. The van der Waals surface area contributed by atoms with Gasteiger partial charge in [-0.3, -0.25) is 4.79 Å². The number of aliphatic hydroxyl groups is 1. The minimum Gasteiger partial charge on any atom is -0.453 e. The fourth-order valence-corrected chi connectivity index (χ4v) is 1.96. The smallest absolute Gasteiger partial charge is 0.430 e. The zero-order chi connectivity index (χ0) is 17.5. The first-order valence-corrected chi connectivity index (χ1v) is 6.02. The first-order valence-electron chi connectivity index (χ1n) is 6.02. The summed E-state index contributed by atoms with van der Waals surface area (Å²) in [5, 5.41) is 9.34. The normalized spacial score (nSPS) is 13.2. The minimum absolute atomic E-state index is 0.111. The van der Waals surface area contributed by atoms with Crippen molar-refractivity contribution in [2.75, 3.05) is 0 Å². The molecular formula is C14H8F6O3. The van der Waals surface area contributed by atoms with E-state index in [0.29, 0.717) is 18.4 Å². The van der Waals surface area contributed by atoms with Crippen LogP contribution in [0.25, 0.3) is 11.3 Å². The van der Waals surface area contributed by atoms with Crippen LogP contribution in [0.4, 0.5) is 26.3 Å². The molecule has 2 rings (SSSR count). The minimum atomic E-state index is -5.97. The number of alkyl halides is 6. The van der Waals surface area contributed by atoms with Crippen molar-refractivity contribution in [1.82, 2.24) is 0 Å². The molecule has 0 fully saturated rings. The summed E-state index contributed by atoms with van der Waals surface area (Å²) in [6, 6.07) is 5.53. The van der Waals surface area contributed by atoms with E-state index < -0.39 is 23.5 Å². The van der Waals surface area contributed by atoms with E-state index in [1.165, 1.54) is 18.2 Å². The van der Waals surface area contributed by atoms with Crippen LogP contribution in [0.2, 0.25) is 0 Å². The number of benzene rings is 1. The van der Waals surface area contributed by atoms with Gasteiger partial charge in [-0.25, -0.2) is 0 Å². The lowest BCUT2D eigenvalue weighted by Crippen LogP contribution is -2.53. The standard InChI is InChI=1S/C14H8F6O3/c15-13(16,17)12(22,14(18,19)20)9-3-1-2-8(6-9)11-5-4-10(7-21)23-11/h1-7,22H. The maximum absolute atomic E-state index is 12.8. The summed E-state index contributed by atoms with van der Waals surface area (Å²) in [5.74, 6) is -0.257. The summed E-state index contributed by atoms with van der Waals surface area (Å²) in [6.45, 7) is 0. The monoisotopic (exact) mass is 338 g/mol. The Labute approximate surface area is 125 Å². The van der Waals surface area contributed by atoms with E-state index in [1.807, 2.05) is 0 Å². The second kappa shape index (κ2) is 5.41. The van der Waals surface area contributed by atoms with Crippen LogP contribution < -0.4 is 0 Å². The molecule has 1 aromatic heterocycles. The van der Waals surface area contributed by atoms with Crippen LogP contribution in [-0.4, -0.2) is 23.7 Å². The molecule has 0 amide bonds. The van der Waals surface area contributed by atoms with Crippen molar-refractivity contribution in [3.05, 3.63) is 47.7 Å². The van der Waals surface area contributed by atoms with Crippen molar-refractivity contribution in [2.24, 2.45) is 0 Å². The molecule has 1 N–H and O–H groups in total. The molecule has 0 atom stereocenters. The average Bonchev–Trinajstić information content (AvgIpc) is 2.93.